The summed E-state index contributed by atoms with van der Waals surface area (Å²) in [5, 5.41) is 101. The van der Waals surface area contributed by atoms with Crippen LogP contribution in [0.2, 0.25) is 0 Å². The first-order chi connectivity index (χ1) is 15.9. The zero-order valence-corrected chi connectivity index (χ0v) is 52.9. The van der Waals surface area contributed by atoms with Gasteiger partial charge < -0.3 is 70.3 Å². The van der Waals surface area contributed by atoms with Crippen molar-refractivity contribution in [3.8, 4) is 0 Å². The molecule has 0 fully saturated rings. The van der Waals surface area contributed by atoms with Gasteiger partial charge in [-0.3, -0.25) is 29.3 Å². The molecule has 0 saturated carbocycles. The van der Waals surface area contributed by atoms with E-state index in [0.717, 1.165) is 22.1 Å². The molecule has 0 spiro atoms. The Bertz CT molecular complexity index is 852. The van der Waals surface area contributed by atoms with Crippen LogP contribution in [0.1, 0.15) is 0 Å². The minimum absolute atomic E-state index is 0. The first kappa shape index (κ1) is 95.5. The van der Waals surface area contributed by atoms with E-state index in [2.05, 4.69) is 19.9 Å². The van der Waals surface area contributed by atoms with Crippen molar-refractivity contribution in [2.24, 2.45) is 0 Å². The van der Waals surface area contributed by atoms with Gasteiger partial charge in [0.2, 0.25) is 0 Å². The minimum atomic E-state index is -2.92. The van der Waals surface area contributed by atoms with E-state index in [-0.39, 0.29) is 355 Å². The van der Waals surface area contributed by atoms with E-state index in [0.29, 0.717) is 0 Å². The summed E-state index contributed by atoms with van der Waals surface area (Å²) in [5.41, 5.74) is 4.24. The maximum atomic E-state index is 8.42. The van der Waals surface area contributed by atoms with Gasteiger partial charge in [-0.1, -0.05) is 24.3 Å². The summed E-state index contributed by atoms with van der Waals surface area (Å²) >= 11 is 0. The molecule has 0 aliphatic rings. The van der Waals surface area contributed by atoms with Crippen LogP contribution in [0.25, 0.3) is 22.1 Å². The molecular weight excluding hydrogens is 735 g/mol. The molecular formula is C14H12B4N4Na12O12. The Morgan fingerprint density at radius 3 is 0.696 bits per heavy atom. The molecule has 0 radical (unpaired) electrons. The predicted molar refractivity (Wildman–Crippen MR) is 95.2 cm³/mol. The number of rotatable bonds is 0. The number of hydrogen-bond donors (Lipinski definition) is 2. The summed E-state index contributed by atoms with van der Waals surface area (Å²) in [6, 6.07) is 15.9. The van der Waals surface area contributed by atoms with Gasteiger partial charge in [-0.2, -0.15) is 0 Å². The number of H-pyrrole nitrogens is 2. The molecule has 2 aromatic heterocycles. The second-order valence-electron chi connectivity index (χ2n) is 4.99. The molecule has 184 valence electrons. The van der Waals surface area contributed by atoms with Crippen LogP contribution in [0.5, 0.6) is 0 Å². The largest absolute Gasteiger partial charge is 1.00 e. The molecule has 2 N–H and O–H groups in total. The number of para-hydroxylation sites is 4. The van der Waals surface area contributed by atoms with Crippen LogP contribution in [0.4, 0.5) is 0 Å². The average molecular weight is 747 g/mol. The summed E-state index contributed by atoms with van der Waals surface area (Å²) in [4.78, 5) is 14.1. The normalized spacial score (nSPS) is 6.35. The summed E-state index contributed by atoms with van der Waals surface area (Å²) in [5.74, 6) is 0. The van der Waals surface area contributed by atoms with Crippen molar-refractivity contribution in [3.63, 3.8) is 0 Å². The van der Waals surface area contributed by atoms with Crippen LogP contribution < -0.4 is 415 Å². The molecule has 0 amide bonds. The molecule has 32 heteroatoms. The van der Waals surface area contributed by atoms with Crippen molar-refractivity contribution >= 4 is 51.4 Å². The first-order valence-electron chi connectivity index (χ1n) is 8.52. The quantitative estimate of drug-likeness (QED) is 0.158. The van der Waals surface area contributed by atoms with Gasteiger partial charge in [0.25, 0.3) is 0 Å². The number of imidazole rings is 2. The van der Waals surface area contributed by atoms with Crippen LogP contribution >= 0.6 is 0 Å². The Balaban J connectivity index is -0.0000000220. The fourth-order valence-electron chi connectivity index (χ4n) is 1.76. The van der Waals surface area contributed by atoms with Gasteiger partial charge in [0.05, 0.1) is 34.7 Å². The third-order valence-electron chi connectivity index (χ3n) is 2.66. The standard InChI is InChI=1S/2C7H6N2.4BO3.12Na/c2*1-2-4-7-6(3-1)8-5-9-7;4*2-1(3)4;;;;;;;;;;;;/h2*1-5H,(H,8,9);;;;;;;;;;;;;;;;/q;;4*-3;12*+1. The van der Waals surface area contributed by atoms with Crippen molar-refractivity contribution in [1.82, 2.24) is 19.9 Å². The predicted octanol–water partition coefficient (Wildman–Crippen LogP) is -48.6. The van der Waals surface area contributed by atoms with E-state index < -0.39 is 29.3 Å². The monoisotopic (exact) mass is 748 g/mol. The zero-order valence-electron chi connectivity index (χ0n) is 28.9. The smallest absolute Gasteiger partial charge is 0.907 e. The molecule has 0 bridgehead atoms. The minimum Gasteiger partial charge on any atom is -0.907 e. The molecule has 4 aromatic rings. The molecule has 0 atom stereocenters. The zero-order chi connectivity index (χ0) is 26.5. The van der Waals surface area contributed by atoms with Gasteiger partial charge >= 0.3 is 355 Å². The average Bonchev–Trinajstić information content (AvgIpc) is 3.36. The van der Waals surface area contributed by atoms with Gasteiger partial charge in [-0.25, -0.2) is 9.97 Å². The van der Waals surface area contributed by atoms with E-state index in [9.17, 15) is 0 Å². The topological polar surface area (TPSA) is 334 Å². The molecule has 4 rings (SSSR count). The van der Waals surface area contributed by atoms with Gasteiger partial charge in [0.1, 0.15) is 0 Å². The van der Waals surface area contributed by atoms with E-state index >= 15 is 0 Å². The third-order valence-corrected chi connectivity index (χ3v) is 2.66. The summed E-state index contributed by atoms with van der Waals surface area (Å²) in [6.45, 7) is 0. The Morgan fingerprint density at radius 1 is 0.348 bits per heavy atom. The van der Waals surface area contributed by atoms with Gasteiger partial charge in [0, 0.05) is 0 Å². The number of nitrogens with one attached hydrogen (secondary N) is 2. The van der Waals surface area contributed by atoms with E-state index in [1.807, 2.05) is 48.5 Å². The van der Waals surface area contributed by atoms with Gasteiger partial charge in [-0.05, 0) is 24.3 Å². The Labute approximate surface area is 534 Å². The van der Waals surface area contributed by atoms with Crippen molar-refractivity contribution in [2.75, 3.05) is 0 Å². The second kappa shape index (κ2) is 68.8. The van der Waals surface area contributed by atoms with Crippen molar-refractivity contribution in [2.45, 2.75) is 0 Å². The molecule has 2 aromatic carbocycles. The van der Waals surface area contributed by atoms with Crippen molar-refractivity contribution < 1.29 is 415 Å². The van der Waals surface area contributed by atoms with Gasteiger partial charge in [-0.15, -0.1) is 0 Å². The van der Waals surface area contributed by atoms with Crippen LogP contribution in [0, 0.1) is 0 Å². The maximum absolute atomic E-state index is 8.42. The van der Waals surface area contributed by atoms with Crippen LogP contribution in [0.3, 0.4) is 0 Å². The number of fused-ring (bicyclic) bond motifs is 2. The molecule has 0 unspecified atom stereocenters. The first-order valence-corrected chi connectivity index (χ1v) is 8.52. The molecule has 2 heterocycles. The van der Waals surface area contributed by atoms with Crippen molar-refractivity contribution in [3.05, 3.63) is 61.2 Å². The molecule has 0 saturated heterocycles. The number of hydrogen-bond acceptors (Lipinski definition) is 14. The fourth-order valence-corrected chi connectivity index (χ4v) is 1.76. The summed E-state index contributed by atoms with van der Waals surface area (Å²) in [6.07, 6.45) is 3.40. The molecule has 0 aliphatic carbocycles. The Morgan fingerprint density at radius 2 is 0.522 bits per heavy atom. The summed E-state index contributed by atoms with van der Waals surface area (Å²) < 4.78 is 0. The van der Waals surface area contributed by atoms with E-state index in [1.165, 1.54) is 0 Å². The second-order valence-corrected chi connectivity index (χ2v) is 4.99. The SMILES string of the molecule is [Na+].[Na+].[Na+].[Na+].[Na+].[Na+].[Na+].[Na+].[Na+].[Na+].[Na+].[Na+].[O-]B([O-])[O-].[O-]B([O-])[O-].[O-]B([O-])[O-].[O-]B([O-])[O-].c1ccc2[nH]cnc2c1.c1ccc2[nH]cnc2c1. The fraction of sp³-hybridized carbons (Fsp3) is 0. The number of aromatic amines is 2. The van der Waals surface area contributed by atoms with E-state index in [4.69, 9.17) is 60.3 Å². The molecule has 16 nitrogen and oxygen atoms in total. The summed E-state index contributed by atoms with van der Waals surface area (Å²) in [7, 11) is -11.7. The molecule has 0 aliphatic heterocycles. The van der Waals surface area contributed by atoms with Crippen LogP contribution in [-0.2, 0) is 0 Å². The van der Waals surface area contributed by atoms with Crippen molar-refractivity contribution in [1.29, 1.82) is 0 Å². The number of nitrogens with zero attached hydrogens (tertiary/aromatic N) is 2. The van der Waals surface area contributed by atoms with Crippen LogP contribution in [-0.4, -0.2) is 49.2 Å². The van der Waals surface area contributed by atoms with Crippen LogP contribution in [0.15, 0.2) is 61.2 Å². The molecule has 46 heavy (non-hydrogen) atoms. The number of benzene rings is 2. The maximum Gasteiger partial charge on any atom is 1.00 e. The number of aromatic nitrogens is 4. The Kier molecular flexibility index (Phi) is 143. The Hall–Kier alpha value is 9.16. The van der Waals surface area contributed by atoms with Gasteiger partial charge in [0.15, 0.2) is 0 Å². The van der Waals surface area contributed by atoms with E-state index in [1.54, 1.807) is 12.7 Å². The third kappa shape index (κ3) is 77.6.